The highest BCUT2D eigenvalue weighted by molar-refractivity contribution is 6.01. The molecule has 2 aromatic carbocycles. The average molecular weight is 937 g/mol. The SMILES string of the molecule is COc1ccc(CCC(=O)c2c(O)cc(O[C@@H]3O[C@H](CO[C@H]4O[C@H](CO)[C@@H](O[C@H]5O[C@H](CO)[C@@H](O)[C@H](O)[C@H]5O)[C@H](O)[C@H]4O)[C@@H](O)[C@H](O)[C@H]3O[C@@H]3O[C@@H](C)[C@H](O)[C@@H](O)[C@H]3O)cc2O)cc1O. The first-order valence-electron chi connectivity index (χ1n) is 20.5. The lowest BCUT2D eigenvalue weighted by Gasteiger charge is -2.47. The summed E-state index contributed by atoms with van der Waals surface area (Å²) < 4.78 is 50.2. The second kappa shape index (κ2) is 21.5. The number of carbonyl (C=O) groups is 1. The number of phenols is 3. The minimum absolute atomic E-state index is 0.0879. The number of benzene rings is 2. The van der Waals surface area contributed by atoms with Crippen molar-refractivity contribution in [2.24, 2.45) is 0 Å². The van der Waals surface area contributed by atoms with E-state index < -0.39 is 171 Å². The molecule has 0 spiro atoms. The highest BCUT2D eigenvalue weighted by atomic mass is 16.8. The third-order valence-corrected chi connectivity index (χ3v) is 11.6. The Labute approximate surface area is 369 Å². The first kappa shape index (κ1) is 50.8. The van der Waals surface area contributed by atoms with Crippen LogP contribution in [0, 0.1) is 0 Å². The van der Waals surface area contributed by atoms with Crippen LogP contribution >= 0.6 is 0 Å². The lowest BCUT2D eigenvalue weighted by atomic mass is 9.96. The van der Waals surface area contributed by atoms with Gasteiger partial charge >= 0.3 is 0 Å². The van der Waals surface area contributed by atoms with Gasteiger partial charge in [-0.1, -0.05) is 6.07 Å². The highest BCUT2D eigenvalue weighted by Crippen LogP contribution is 2.38. The van der Waals surface area contributed by atoms with Crippen LogP contribution in [0.1, 0.15) is 29.3 Å². The van der Waals surface area contributed by atoms with Gasteiger partial charge in [0.25, 0.3) is 0 Å². The fourth-order valence-corrected chi connectivity index (χ4v) is 7.79. The molecule has 20 atom stereocenters. The molecule has 0 radical (unpaired) electrons. The van der Waals surface area contributed by atoms with E-state index in [-0.39, 0.29) is 24.3 Å². The van der Waals surface area contributed by atoms with Gasteiger partial charge in [-0.2, -0.15) is 0 Å². The van der Waals surface area contributed by atoms with Crippen LogP contribution in [0.5, 0.6) is 28.7 Å². The zero-order valence-electron chi connectivity index (χ0n) is 34.8. The number of aliphatic hydroxyl groups is 12. The molecule has 4 saturated heterocycles. The number of methoxy groups -OCH3 is 1. The van der Waals surface area contributed by atoms with Crippen molar-refractivity contribution in [2.45, 2.75) is 143 Å². The zero-order valence-corrected chi connectivity index (χ0v) is 34.8. The number of ketones is 1. The number of carbonyl (C=O) groups excluding carboxylic acids is 1. The summed E-state index contributed by atoms with van der Waals surface area (Å²) >= 11 is 0. The maximum atomic E-state index is 13.2. The van der Waals surface area contributed by atoms with Crippen molar-refractivity contribution >= 4 is 5.78 Å². The molecule has 6 rings (SSSR count). The standard InChI is InChI=1S/C40H56O25/c1-13-25(47)28(50)32(54)38(59-13)65-36-30(52)27(49)23(12-58-37-34(56)31(53)35(22(11-42)62-37)64-39-33(55)29(51)26(48)21(10-41)61-39)63-40(36)60-15-8-18(45)24(19(46)9-15)16(43)5-3-14-4-6-20(57-2)17(44)7-14/h4,6-9,13,21-23,25-42,44-56H,3,5,10-12H2,1-2H3/t13-,21+,22+,23+,25-,26+,27+,28+,29-,30-,31+,32+,33+,34+,35+,36+,37-,38-,39+,40+/m0/s1. The van der Waals surface area contributed by atoms with E-state index in [1.807, 2.05) is 0 Å². The largest absolute Gasteiger partial charge is 0.507 e. The molecule has 2 aromatic rings. The van der Waals surface area contributed by atoms with Crippen LogP contribution in [-0.4, -0.2) is 232 Å². The fourth-order valence-electron chi connectivity index (χ4n) is 7.79. The van der Waals surface area contributed by atoms with E-state index in [1.54, 1.807) is 6.07 Å². The number of aromatic hydroxyl groups is 3. The lowest BCUT2D eigenvalue weighted by molar-refractivity contribution is -0.369. The summed E-state index contributed by atoms with van der Waals surface area (Å²) in [6, 6.07) is 6.31. The molecule has 4 fully saturated rings. The fraction of sp³-hybridized carbons (Fsp3) is 0.675. The van der Waals surface area contributed by atoms with Crippen molar-refractivity contribution < 1.29 is 124 Å². The Morgan fingerprint density at radius 2 is 1.12 bits per heavy atom. The quantitative estimate of drug-likeness (QED) is 0.0698. The first-order valence-corrected chi connectivity index (χ1v) is 20.5. The van der Waals surface area contributed by atoms with Crippen molar-refractivity contribution in [1.82, 2.24) is 0 Å². The van der Waals surface area contributed by atoms with Crippen LogP contribution in [0.3, 0.4) is 0 Å². The number of rotatable bonds is 16. The number of hydrogen-bond acceptors (Lipinski definition) is 25. The van der Waals surface area contributed by atoms with E-state index >= 15 is 0 Å². The molecule has 15 N–H and O–H groups in total. The number of ether oxygens (including phenoxy) is 9. The van der Waals surface area contributed by atoms with E-state index in [0.29, 0.717) is 5.56 Å². The Kier molecular flexibility index (Phi) is 16.8. The molecule has 4 aliphatic heterocycles. The van der Waals surface area contributed by atoms with Gasteiger partial charge in [0.1, 0.15) is 108 Å². The molecule has 65 heavy (non-hydrogen) atoms. The Balaban J connectivity index is 1.17. The number of hydrogen-bond donors (Lipinski definition) is 15. The van der Waals surface area contributed by atoms with Gasteiger partial charge < -0.3 is 119 Å². The first-order chi connectivity index (χ1) is 30.8. The third kappa shape index (κ3) is 10.9. The normalized spacial score (nSPS) is 40.0. The minimum atomic E-state index is -2.04. The Bertz CT molecular complexity index is 1860. The molecular formula is C40H56O25. The summed E-state index contributed by atoms with van der Waals surface area (Å²) in [7, 11) is 1.37. The molecule has 0 saturated carbocycles. The van der Waals surface area contributed by atoms with Gasteiger partial charge in [-0.05, 0) is 31.0 Å². The minimum Gasteiger partial charge on any atom is -0.507 e. The Morgan fingerprint density at radius 3 is 1.74 bits per heavy atom. The van der Waals surface area contributed by atoms with Crippen molar-refractivity contribution in [3.05, 3.63) is 41.5 Å². The van der Waals surface area contributed by atoms with Gasteiger partial charge in [-0.25, -0.2) is 0 Å². The van der Waals surface area contributed by atoms with Gasteiger partial charge in [-0.3, -0.25) is 4.79 Å². The molecule has 25 nitrogen and oxygen atoms in total. The van der Waals surface area contributed by atoms with E-state index in [4.69, 9.17) is 42.6 Å². The van der Waals surface area contributed by atoms with Crippen LogP contribution in [0.15, 0.2) is 30.3 Å². The summed E-state index contributed by atoms with van der Waals surface area (Å²) in [5.41, 5.74) is 0.0440. The zero-order chi connectivity index (χ0) is 47.6. The summed E-state index contributed by atoms with van der Waals surface area (Å²) in [5, 5.41) is 158. The number of aliphatic hydroxyl groups excluding tert-OH is 12. The summed E-state index contributed by atoms with van der Waals surface area (Å²) in [5.74, 6) is -2.59. The van der Waals surface area contributed by atoms with Crippen molar-refractivity contribution in [2.75, 3.05) is 26.9 Å². The van der Waals surface area contributed by atoms with Gasteiger partial charge in [-0.15, -0.1) is 0 Å². The van der Waals surface area contributed by atoms with Crippen molar-refractivity contribution in [3.8, 4) is 28.7 Å². The molecular weight excluding hydrogens is 880 g/mol. The number of Topliss-reactive ketones (excluding diaryl/α,β-unsaturated/α-hetero) is 1. The molecule has 0 aromatic heterocycles. The van der Waals surface area contributed by atoms with E-state index in [1.165, 1.54) is 26.2 Å². The summed E-state index contributed by atoms with van der Waals surface area (Å²) in [6.07, 6.45) is -35.5. The monoisotopic (exact) mass is 936 g/mol. The van der Waals surface area contributed by atoms with Gasteiger partial charge in [0.05, 0.1) is 33.0 Å². The average Bonchev–Trinajstić information content (AvgIpc) is 3.27. The molecule has 4 heterocycles. The molecule has 0 bridgehead atoms. The predicted molar refractivity (Wildman–Crippen MR) is 208 cm³/mol. The van der Waals surface area contributed by atoms with E-state index in [2.05, 4.69) is 0 Å². The van der Waals surface area contributed by atoms with Crippen LogP contribution in [0.2, 0.25) is 0 Å². The molecule has 366 valence electrons. The Hall–Kier alpha value is -3.65. The maximum absolute atomic E-state index is 13.2. The molecule has 0 unspecified atom stereocenters. The van der Waals surface area contributed by atoms with Gasteiger partial charge in [0, 0.05) is 18.6 Å². The van der Waals surface area contributed by atoms with Crippen LogP contribution in [0.25, 0.3) is 0 Å². The summed E-state index contributed by atoms with van der Waals surface area (Å²) in [4.78, 5) is 13.2. The van der Waals surface area contributed by atoms with Gasteiger partial charge in [0.15, 0.2) is 42.3 Å². The van der Waals surface area contributed by atoms with Crippen LogP contribution in [0.4, 0.5) is 0 Å². The van der Waals surface area contributed by atoms with Gasteiger partial charge in [0.2, 0.25) is 6.29 Å². The highest BCUT2D eigenvalue weighted by Gasteiger charge is 2.54. The predicted octanol–water partition coefficient (Wildman–Crippen LogP) is -5.69. The Morgan fingerprint density at radius 1 is 0.585 bits per heavy atom. The third-order valence-electron chi connectivity index (χ3n) is 11.6. The van der Waals surface area contributed by atoms with Crippen LogP contribution < -0.4 is 9.47 Å². The second-order valence-corrected chi connectivity index (χ2v) is 16.0. The molecule has 0 amide bonds. The second-order valence-electron chi connectivity index (χ2n) is 16.0. The molecule has 25 heteroatoms. The van der Waals surface area contributed by atoms with Crippen LogP contribution in [-0.2, 0) is 39.6 Å². The topological polar surface area (TPSA) is 404 Å². The molecule has 0 aliphatic carbocycles. The number of aryl methyl sites for hydroxylation is 1. The number of phenolic OH excluding ortho intramolecular Hbond substituents is 3. The summed E-state index contributed by atoms with van der Waals surface area (Å²) in [6.45, 7) is -1.16. The van der Waals surface area contributed by atoms with Crippen molar-refractivity contribution in [3.63, 3.8) is 0 Å². The van der Waals surface area contributed by atoms with E-state index in [0.717, 1.165) is 12.1 Å². The van der Waals surface area contributed by atoms with E-state index in [9.17, 15) is 81.4 Å². The molecule has 4 aliphatic rings. The van der Waals surface area contributed by atoms with Crippen molar-refractivity contribution in [1.29, 1.82) is 0 Å². The smallest absolute Gasteiger partial charge is 0.229 e. The maximum Gasteiger partial charge on any atom is 0.229 e. The lowest BCUT2D eigenvalue weighted by Crippen LogP contribution is -2.66.